The van der Waals surface area contributed by atoms with Gasteiger partial charge in [0.1, 0.15) is 36.6 Å². The number of ether oxygens (including phenoxy) is 5. The second-order valence-corrected chi connectivity index (χ2v) is 21.0. The zero-order valence-corrected chi connectivity index (χ0v) is 34.9. The summed E-state index contributed by atoms with van der Waals surface area (Å²) in [5.74, 6) is -0.205. The lowest BCUT2D eigenvalue weighted by Crippen LogP contribution is -2.68. The molecule has 56 heavy (non-hydrogen) atoms. The predicted molar refractivity (Wildman–Crippen MR) is 202 cm³/mol. The number of hydrogen-bond donors (Lipinski definition) is 7. The summed E-state index contributed by atoms with van der Waals surface area (Å²) < 4.78 is 29.1. The van der Waals surface area contributed by atoms with E-state index in [0.29, 0.717) is 18.8 Å². The van der Waals surface area contributed by atoms with Gasteiger partial charge < -0.3 is 59.4 Å². The summed E-state index contributed by atoms with van der Waals surface area (Å²) in [6.07, 6.45) is -5.82. The molecule has 4 saturated carbocycles. The number of esters is 1. The molecule has 7 aliphatic rings. The fraction of sp³-hybridized carbons (Fsp3) is 0.930. The summed E-state index contributed by atoms with van der Waals surface area (Å²) in [5.41, 5.74) is 0.293. The van der Waals surface area contributed by atoms with Crippen LogP contribution in [0.2, 0.25) is 0 Å². The molecule has 2 heterocycles. The van der Waals surface area contributed by atoms with Crippen LogP contribution < -0.4 is 0 Å². The lowest BCUT2D eigenvalue weighted by molar-refractivity contribution is -0.363. The maximum atomic E-state index is 12.9. The second-order valence-electron chi connectivity index (χ2n) is 21.0. The van der Waals surface area contributed by atoms with Crippen LogP contribution in [0.5, 0.6) is 0 Å². The minimum Gasteiger partial charge on any atom is -0.467 e. The van der Waals surface area contributed by atoms with Crippen LogP contribution in [-0.4, -0.2) is 129 Å². The highest BCUT2D eigenvalue weighted by atomic mass is 16.7. The number of methoxy groups -OCH3 is 1. The Morgan fingerprint density at radius 3 is 2.12 bits per heavy atom. The molecule has 1 unspecified atom stereocenters. The number of rotatable bonds is 6. The van der Waals surface area contributed by atoms with E-state index in [1.54, 1.807) is 0 Å². The first-order valence-corrected chi connectivity index (χ1v) is 21.1. The fourth-order valence-electron chi connectivity index (χ4n) is 13.8. The van der Waals surface area contributed by atoms with Crippen molar-refractivity contribution in [3.05, 3.63) is 11.6 Å². The van der Waals surface area contributed by atoms with Crippen molar-refractivity contribution >= 4 is 5.97 Å². The van der Waals surface area contributed by atoms with Crippen LogP contribution in [0.15, 0.2) is 11.6 Å². The van der Waals surface area contributed by atoms with Crippen LogP contribution in [-0.2, 0) is 28.5 Å². The Bertz CT molecular complexity index is 1520. The summed E-state index contributed by atoms with van der Waals surface area (Å²) in [6, 6.07) is 0. The van der Waals surface area contributed by atoms with Crippen molar-refractivity contribution in [2.75, 3.05) is 13.7 Å². The molecule has 13 nitrogen and oxygen atoms in total. The van der Waals surface area contributed by atoms with Gasteiger partial charge in [0.15, 0.2) is 18.7 Å². The van der Waals surface area contributed by atoms with Gasteiger partial charge in [-0.1, -0.05) is 60.1 Å². The van der Waals surface area contributed by atoms with E-state index in [1.165, 1.54) is 12.5 Å². The fourth-order valence-corrected chi connectivity index (χ4v) is 13.8. The average Bonchev–Trinajstić information content (AvgIpc) is 3.13. The molecular formula is C43H70O13. The molecule has 6 fully saturated rings. The minimum absolute atomic E-state index is 0.00619. The number of aliphatic hydroxyl groups is 7. The summed E-state index contributed by atoms with van der Waals surface area (Å²) in [5, 5.41) is 77.1. The standard InChI is InChI=1S/C43H70O13/c1-21-28(46)29(47)30(48)36(53-21)55-33-31(49)34(35(51)52-9)56-37(32(33)50)54-27-13-14-40(6)24(39(27,4)5)12-15-41(7)25(40)11-10-22-23-18-38(2,3)16-17-43(23,20-44)26(45)19-42(22,41)8/h10,21,23-34,36-37,44-50H,11-20H2,1-9H3/t21-,23-,24-,25+,26-,27-,28-,29+,30+,31-,32+,33-,34-,36-,37?,40-,41+,42+,43+/m0/s1. The third-order valence-corrected chi connectivity index (χ3v) is 17.5. The quantitative estimate of drug-likeness (QED) is 0.118. The summed E-state index contributed by atoms with van der Waals surface area (Å²) >= 11 is 0. The molecule has 0 amide bonds. The van der Waals surface area contributed by atoms with Gasteiger partial charge in [-0.2, -0.15) is 0 Å². The van der Waals surface area contributed by atoms with Crippen LogP contribution in [0.25, 0.3) is 0 Å². The van der Waals surface area contributed by atoms with Crippen molar-refractivity contribution in [3.63, 3.8) is 0 Å². The van der Waals surface area contributed by atoms with Gasteiger partial charge in [0.2, 0.25) is 0 Å². The van der Waals surface area contributed by atoms with Gasteiger partial charge >= 0.3 is 5.97 Å². The molecule has 7 rings (SSSR count). The largest absolute Gasteiger partial charge is 0.467 e. The molecule has 5 aliphatic carbocycles. The second kappa shape index (κ2) is 14.5. The van der Waals surface area contributed by atoms with Crippen molar-refractivity contribution < 1.29 is 64.2 Å². The third kappa shape index (κ3) is 6.22. The van der Waals surface area contributed by atoms with Crippen molar-refractivity contribution in [3.8, 4) is 0 Å². The predicted octanol–water partition coefficient (Wildman–Crippen LogP) is 2.97. The maximum Gasteiger partial charge on any atom is 0.337 e. The minimum atomic E-state index is -1.74. The number of aliphatic hydroxyl groups excluding tert-OH is 7. The Hall–Kier alpha value is -1.23. The van der Waals surface area contributed by atoms with Crippen molar-refractivity contribution in [1.29, 1.82) is 0 Å². The van der Waals surface area contributed by atoms with Crippen molar-refractivity contribution in [2.45, 2.75) is 187 Å². The van der Waals surface area contributed by atoms with Gasteiger partial charge in [0, 0.05) is 5.41 Å². The Kier molecular flexibility index (Phi) is 11.1. The Balaban J connectivity index is 1.14. The monoisotopic (exact) mass is 794 g/mol. The van der Waals surface area contributed by atoms with E-state index >= 15 is 0 Å². The molecule has 0 spiro atoms. The number of carbonyl (C=O) groups excluding carboxylic acids is 1. The van der Waals surface area contributed by atoms with E-state index in [1.807, 2.05) is 0 Å². The van der Waals surface area contributed by atoms with Gasteiger partial charge in [-0.25, -0.2) is 4.79 Å². The van der Waals surface area contributed by atoms with E-state index in [0.717, 1.165) is 52.1 Å². The Labute approximate surface area is 332 Å². The zero-order valence-electron chi connectivity index (χ0n) is 34.9. The molecule has 7 N–H and O–H groups in total. The van der Waals surface area contributed by atoms with E-state index in [-0.39, 0.29) is 40.1 Å². The van der Waals surface area contributed by atoms with E-state index in [9.17, 15) is 40.5 Å². The summed E-state index contributed by atoms with van der Waals surface area (Å²) in [7, 11) is 1.15. The first-order valence-electron chi connectivity index (χ1n) is 21.1. The average molecular weight is 795 g/mol. The third-order valence-electron chi connectivity index (χ3n) is 17.5. The van der Waals surface area contributed by atoms with Crippen LogP contribution in [0.4, 0.5) is 0 Å². The highest BCUT2D eigenvalue weighted by Crippen LogP contribution is 2.76. The lowest BCUT2D eigenvalue weighted by atomic mass is 9.33. The van der Waals surface area contributed by atoms with E-state index < -0.39 is 90.4 Å². The molecule has 0 aromatic heterocycles. The van der Waals surface area contributed by atoms with Gasteiger partial charge in [-0.05, 0) is 110 Å². The first kappa shape index (κ1) is 42.9. The molecule has 320 valence electrons. The highest BCUT2D eigenvalue weighted by Gasteiger charge is 2.70. The lowest BCUT2D eigenvalue weighted by Gasteiger charge is -2.72. The zero-order chi connectivity index (χ0) is 41.1. The van der Waals surface area contributed by atoms with Crippen LogP contribution >= 0.6 is 0 Å². The summed E-state index contributed by atoms with van der Waals surface area (Å²) in [6.45, 7) is 17.8. The van der Waals surface area contributed by atoms with Crippen LogP contribution in [0.3, 0.4) is 0 Å². The van der Waals surface area contributed by atoms with Crippen LogP contribution in [0.1, 0.15) is 113 Å². The van der Waals surface area contributed by atoms with E-state index in [2.05, 4.69) is 54.5 Å². The maximum absolute atomic E-state index is 12.9. The topological polar surface area (TPSA) is 205 Å². The van der Waals surface area contributed by atoms with Gasteiger partial charge in [0.05, 0.1) is 32.0 Å². The number of hydrogen-bond acceptors (Lipinski definition) is 13. The van der Waals surface area contributed by atoms with Crippen molar-refractivity contribution in [2.24, 2.45) is 50.2 Å². The van der Waals surface area contributed by atoms with E-state index in [4.69, 9.17) is 23.7 Å². The number of fused-ring (bicyclic) bond motifs is 7. The Morgan fingerprint density at radius 1 is 0.786 bits per heavy atom. The van der Waals surface area contributed by atoms with Gasteiger partial charge in [-0.3, -0.25) is 0 Å². The number of allylic oxidation sites excluding steroid dienone is 2. The molecule has 2 saturated heterocycles. The molecule has 0 bridgehead atoms. The molecular weight excluding hydrogens is 724 g/mol. The number of carbonyl (C=O) groups is 1. The molecule has 0 radical (unpaired) electrons. The molecule has 0 aromatic carbocycles. The SMILES string of the molecule is COC(=O)[C@H]1OC(O[C@H]2CC[C@]3(C)[C@H]4CC=C5[C@@H]6CC(C)(C)CC[C@]6(CO)[C@@H](O)C[C@@]5(C)[C@]4(C)CC[C@H]3C2(C)C)[C@H](O)[C@@H](O[C@@H]2O[C@@H](C)[C@H](O)[C@@H](O)[C@H]2O)[C@@H]1O. The molecule has 2 aliphatic heterocycles. The first-order chi connectivity index (χ1) is 26.0. The summed E-state index contributed by atoms with van der Waals surface area (Å²) in [4.78, 5) is 12.9. The van der Waals surface area contributed by atoms with Gasteiger partial charge in [-0.15, -0.1) is 0 Å². The molecule has 0 aromatic rings. The van der Waals surface area contributed by atoms with Crippen molar-refractivity contribution in [1.82, 2.24) is 0 Å². The molecule has 19 atom stereocenters. The van der Waals surface area contributed by atoms with Gasteiger partial charge in [0.25, 0.3) is 0 Å². The Morgan fingerprint density at radius 2 is 1.46 bits per heavy atom. The molecule has 13 heteroatoms. The smallest absolute Gasteiger partial charge is 0.337 e. The van der Waals surface area contributed by atoms with Crippen LogP contribution in [0, 0.1) is 50.2 Å². The highest BCUT2D eigenvalue weighted by molar-refractivity contribution is 5.75. The normalized spacial score (nSPS) is 53.7.